The minimum Gasteiger partial charge on any atom is -0.480 e. The van der Waals surface area contributed by atoms with Gasteiger partial charge in [0.1, 0.15) is 24.2 Å². The third-order valence-corrected chi connectivity index (χ3v) is 4.47. The predicted octanol–water partition coefficient (Wildman–Crippen LogP) is 1.68. The molecule has 0 aliphatic heterocycles. The first-order valence-electron chi connectivity index (χ1n) is 8.05. The summed E-state index contributed by atoms with van der Waals surface area (Å²) in [4.78, 5) is 32.5. The van der Waals surface area contributed by atoms with E-state index in [0.717, 1.165) is 0 Å². The summed E-state index contributed by atoms with van der Waals surface area (Å²) in [6.07, 6.45) is 1.88. The molecule has 0 amide bonds. The highest BCUT2D eigenvalue weighted by Gasteiger charge is 2.25. The van der Waals surface area contributed by atoms with E-state index in [0.29, 0.717) is 17.7 Å². The van der Waals surface area contributed by atoms with Gasteiger partial charge in [-0.15, -0.1) is 0 Å². The number of hydrogen-bond acceptors (Lipinski definition) is 7. The van der Waals surface area contributed by atoms with E-state index in [-0.39, 0.29) is 13.2 Å². The number of nitrogens with zero attached hydrogens (tertiary/aromatic N) is 4. The fourth-order valence-corrected chi connectivity index (χ4v) is 3.23. The molecule has 0 aromatic carbocycles. The molecular weight excluding hydrogens is 375 g/mol. The molecule has 0 saturated carbocycles. The number of imidazole rings is 1. The third-order valence-electron chi connectivity index (χ3n) is 3.18. The summed E-state index contributed by atoms with van der Waals surface area (Å²) in [5.74, 6) is -0.960. The molecule has 0 aliphatic carbocycles. The van der Waals surface area contributed by atoms with E-state index >= 15 is 0 Å². The Morgan fingerprint density at radius 1 is 1.37 bits per heavy atom. The maximum Gasteiger partial charge on any atom is 0.320 e. The average Bonchev–Trinajstić information content (AvgIpc) is 2.99. The number of fused-ring (bicyclic) bond motifs is 1. The van der Waals surface area contributed by atoms with Gasteiger partial charge in [-0.05, 0) is 13.8 Å². The number of carboxylic acid groups (broad SMARTS) is 1. The van der Waals surface area contributed by atoms with Crippen LogP contribution in [0.5, 0.6) is 0 Å². The van der Waals surface area contributed by atoms with Crippen molar-refractivity contribution in [3.63, 3.8) is 0 Å². The van der Waals surface area contributed by atoms with Crippen LogP contribution in [0.4, 0.5) is 5.82 Å². The van der Waals surface area contributed by atoms with Crippen LogP contribution < -0.4 is 10.8 Å². The summed E-state index contributed by atoms with van der Waals surface area (Å²) < 4.78 is 18.9. The highest BCUT2D eigenvalue weighted by molar-refractivity contribution is 7.55. The van der Waals surface area contributed by atoms with Crippen LogP contribution >= 0.6 is 7.52 Å². The zero-order chi connectivity index (χ0) is 19.9. The number of nitrogens with one attached hydrogen (secondary N) is 1. The SMILES string of the molecule is C.CC.C[C@H](Cn1cnc2c(N)ncnc21)OCP(=O)(O)N[C@H](C)C(=O)O. The normalized spacial score (nSPS) is 15.0. The first kappa shape index (κ1) is 24.9. The summed E-state index contributed by atoms with van der Waals surface area (Å²) in [6, 6.07) is -1.16. The lowest BCUT2D eigenvalue weighted by atomic mass is 10.4. The molecule has 12 heteroatoms. The number of nitrogen functional groups attached to an aromatic ring is 1. The number of aromatic nitrogens is 4. The molecule has 2 aromatic heterocycles. The van der Waals surface area contributed by atoms with Gasteiger partial charge in [-0.25, -0.2) is 20.0 Å². The van der Waals surface area contributed by atoms with Gasteiger partial charge in [-0.1, -0.05) is 21.3 Å². The Balaban J connectivity index is 0.00000218. The van der Waals surface area contributed by atoms with Crippen molar-refractivity contribution in [1.29, 1.82) is 0 Å². The van der Waals surface area contributed by atoms with E-state index in [4.69, 9.17) is 15.6 Å². The maximum atomic E-state index is 11.9. The Kier molecular flexibility index (Phi) is 10.1. The second-order valence-electron chi connectivity index (χ2n) is 5.33. The van der Waals surface area contributed by atoms with E-state index < -0.39 is 32.0 Å². The number of aliphatic carboxylic acids is 1. The van der Waals surface area contributed by atoms with Gasteiger partial charge in [0.05, 0.1) is 19.0 Å². The monoisotopic (exact) mass is 404 g/mol. The maximum absolute atomic E-state index is 11.9. The topological polar surface area (TPSA) is 165 Å². The summed E-state index contributed by atoms with van der Waals surface area (Å²) in [5.41, 5.74) is 6.70. The number of nitrogens with two attached hydrogens (primary N) is 1. The van der Waals surface area contributed by atoms with Crippen LogP contribution in [0.1, 0.15) is 35.1 Å². The molecule has 0 aliphatic rings. The number of carbonyl (C=O) groups is 1. The van der Waals surface area contributed by atoms with E-state index in [2.05, 4.69) is 20.0 Å². The van der Waals surface area contributed by atoms with Crippen LogP contribution in [-0.2, 0) is 20.6 Å². The number of hydrogen-bond donors (Lipinski definition) is 4. The number of rotatable bonds is 8. The number of ether oxygens (including phenoxy) is 1. The van der Waals surface area contributed by atoms with Crippen LogP contribution in [0.3, 0.4) is 0 Å². The molecule has 2 heterocycles. The Morgan fingerprint density at radius 2 is 2.00 bits per heavy atom. The Bertz CT molecular complexity index is 783. The van der Waals surface area contributed by atoms with E-state index in [1.807, 2.05) is 13.8 Å². The second kappa shape index (κ2) is 10.9. The molecule has 5 N–H and O–H groups in total. The van der Waals surface area contributed by atoms with Crippen LogP contribution in [0, 0.1) is 0 Å². The summed E-state index contributed by atoms with van der Waals surface area (Å²) in [5, 5.41) is 10.9. The molecule has 0 saturated heterocycles. The zero-order valence-electron chi connectivity index (χ0n) is 15.2. The number of carboxylic acids is 1. The van der Waals surface area contributed by atoms with Crippen molar-refractivity contribution in [1.82, 2.24) is 24.6 Å². The van der Waals surface area contributed by atoms with E-state index in [1.165, 1.54) is 19.6 Å². The fraction of sp³-hybridized carbons (Fsp3) is 0.600. The van der Waals surface area contributed by atoms with Crippen molar-refractivity contribution in [2.24, 2.45) is 0 Å². The van der Waals surface area contributed by atoms with Gasteiger partial charge in [0.15, 0.2) is 11.5 Å². The van der Waals surface area contributed by atoms with Gasteiger partial charge in [-0.3, -0.25) is 9.36 Å². The molecule has 0 fully saturated rings. The van der Waals surface area contributed by atoms with Crippen molar-refractivity contribution in [2.45, 2.75) is 53.8 Å². The molecule has 3 atom stereocenters. The summed E-state index contributed by atoms with van der Waals surface area (Å²) >= 11 is 0. The van der Waals surface area contributed by atoms with Crippen molar-refractivity contribution < 1.29 is 24.1 Å². The second-order valence-corrected chi connectivity index (χ2v) is 7.24. The highest BCUT2D eigenvalue weighted by Crippen LogP contribution is 2.36. The Hall–Kier alpha value is -2.07. The molecular formula is C15H29N6O5P. The minimum absolute atomic E-state index is 0. The molecule has 0 spiro atoms. The summed E-state index contributed by atoms with van der Waals surface area (Å²) in [7, 11) is -3.93. The standard InChI is InChI=1S/C12H19N6O5P.C2H6.CH4/c1-7(23-6-24(21,22)17-8(2)12(19)20)3-18-5-16-9-10(13)14-4-15-11(9)18;1-2;/h4-5,7-8H,3,6H2,1-2H3,(H,19,20)(H2,13,14,15)(H2,17,21,22);1-2H3;1H4/t7-,8-;;/m1../s1. The molecule has 2 aromatic rings. The van der Waals surface area contributed by atoms with Crippen molar-refractivity contribution >= 4 is 30.5 Å². The largest absolute Gasteiger partial charge is 0.480 e. The van der Waals surface area contributed by atoms with Crippen molar-refractivity contribution in [2.75, 3.05) is 12.1 Å². The molecule has 0 radical (unpaired) electrons. The Labute approximate surface area is 158 Å². The summed E-state index contributed by atoms with van der Waals surface area (Å²) in [6.45, 7) is 7.30. The van der Waals surface area contributed by atoms with Gasteiger partial charge < -0.3 is 25.0 Å². The quantitative estimate of drug-likeness (QED) is 0.475. The van der Waals surface area contributed by atoms with E-state index in [1.54, 1.807) is 11.5 Å². The lowest BCUT2D eigenvalue weighted by Gasteiger charge is -2.19. The van der Waals surface area contributed by atoms with Crippen LogP contribution in [0.2, 0.25) is 0 Å². The van der Waals surface area contributed by atoms with Gasteiger partial charge in [0, 0.05) is 0 Å². The van der Waals surface area contributed by atoms with Crippen LogP contribution in [0.15, 0.2) is 12.7 Å². The highest BCUT2D eigenvalue weighted by atomic mass is 31.2. The molecule has 27 heavy (non-hydrogen) atoms. The van der Waals surface area contributed by atoms with Crippen LogP contribution in [0.25, 0.3) is 11.2 Å². The third kappa shape index (κ3) is 7.22. The fourth-order valence-electron chi connectivity index (χ4n) is 1.99. The Morgan fingerprint density at radius 3 is 2.59 bits per heavy atom. The smallest absolute Gasteiger partial charge is 0.320 e. The molecule has 2 rings (SSSR count). The van der Waals surface area contributed by atoms with Crippen molar-refractivity contribution in [3.05, 3.63) is 12.7 Å². The van der Waals surface area contributed by atoms with Crippen LogP contribution in [-0.4, -0.2) is 54.0 Å². The van der Waals surface area contributed by atoms with Crippen molar-refractivity contribution in [3.8, 4) is 0 Å². The molecule has 0 bridgehead atoms. The molecule has 154 valence electrons. The average molecular weight is 404 g/mol. The minimum atomic E-state index is -3.93. The van der Waals surface area contributed by atoms with Gasteiger partial charge in [0.25, 0.3) is 7.52 Å². The first-order valence-corrected chi connectivity index (χ1v) is 9.89. The lowest BCUT2D eigenvalue weighted by molar-refractivity contribution is -0.138. The first-order chi connectivity index (χ1) is 12.2. The van der Waals surface area contributed by atoms with E-state index in [9.17, 15) is 14.3 Å². The number of anilines is 1. The molecule has 1 unspecified atom stereocenters. The zero-order valence-corrected chi connectivity index (χ0v) is 16.1. The predicted molar refractivity (Wildman–Crippen MR) is 103 cm³/mol. The lowest BCUT2D eigenvalue weighted by Crippen LogP contribution is -2.32. The van der Waals surface area contributed by atoms with Gasteiger partial charge >= 0.3 is 5.97 Å². The molecule has 11 nitrogen and oxygen atoms in total. The van der Waals surface area contributed by atoms with Gasteiger partial charge in [0.2, 0.25) is 0 Å². The van der Waals surface area contributed by atoms with Gasteiger partial charge in [-0.2, -0.15) is 0 Å².